The highest BCUT2D eigenvalue weighted by atomic mass is 79.9. The first-order valence-electron chi connectivity index (χ1n) is 5.61. The van der Waals surface area contributed by atoms with Gasteiger partial charge >= 0.3 is 0 Å². The summed E-state index contributed by atoms with van der Waals surface area (Å²) in [5, 5.41) is 3.24. The molecule has 1 N–H and O–H groups in total. The minimum absolute atomic E-state index is 0.0231. The molecule has 0 spiro atoms. The Morgan fingerprint density at radius 2 is 2.05 bits per heavy atom. The van der Waals surface area contributed by atoms with Crippen molar-refractivity contribution in [3.8, 4) is 5.75 Å². The SMILES string of the molecule is COc1cc(C(=O)Nc2ccc(Cl)c(Br)c2)ccc1F. The van der Waals surface area contributed by atoms with Crippen molar-refractivity contribution in [1.82, 2.24) is 0 Å². The molecule has 0 aliphatic rings. The molecule has 104 valence electrons. The Labute approximate surface area is 128 Å². The van der Waals surface area contributed by atoms with E-state index in [9.17, 15) is 9.18 Å². The van der Waals surface area contributed by atoms with Gasteiger partial charge in [-0.05, 0) is 52.3 Å². The Morgan fingerprint density at radius 3 is 2.70 bits per heavy atom. The molecule has 0 saturated heterocycles. The third kappa shape index (κ3) is 3.29. The first-order chi connectivity index (χ1) is 9.51. The van der Waals surface area contributed by atoms with Gasteiger partial charge in [0.1, 0.15) is 0 Å². The van der Waals surface area contributed by atoms with Crippen LogP contribution in [0.2, 0.25) is 5.02 Å². The Kier molecular flexibility index (Phi) is 4.62. The van der Waals surface area contributed by atoms with Crippen LogP contribution in [-0.4, -0.2) is 13.0 Å². The molecule has 2 aromatic rings. The number of carbonyl (C=O) groups excluding carboxylic acids is 1. The molecule has 0 atom stereocenters. The van der Waals surface area contributed by atoms with Crippen molar-refractivity contribution >= 4 is 39.1 Å². The molecule has 0 bridgehead atoms. The average Bonchev–Trinajstić information content (AvgIpc) is 2.43. The standard InChI is InChI=1S/C14H10BrClFNO2/c1-20-13-6-8(2-5-12(13)17)14(19)18-9-3-4-11(16)10(15)7-9/h2-7H,1H3,(H,18,19). The van der Waals surface area contributed by atoms with E-state index in [1.54, 1.807) is 18.2 Å². The maximum atomic E-state index is 13.3. The minimum Gasteiger partial charge on any atom is -0.494 e. The number of ether oxygens (including phenoxy) is 1. The zero-order valence-electron chi connectivity index (χ0n) is 10.4. The average molecular weight is 359 g/mol. The van der Waals surface area contributed by atoms with E-state index in [-0.39, 0.29) is 11.7 Å². The van der Waals surface area contributed by atoms with Crippen LogP contribution in [0.15, 0.2) is 40.9 Å². The van der Waals surface area contributed by atoms with Crippen molar-refractivity contribution in [2.45, 2.75) is 0 Å². The Morgan fingerprint density at radius 1 is 1.30 bits per heavy atom. The van der Waals surface area contributed by atoms with Gasteiger partial charge in [0.05, 0.1) is 12.1 Å². The lowest BCUT2D eigenvalue weighted by atomic mass is 10.2. The lowest BCUT2D eigenvalue weighted by molar-refractivity contribution is 0.102. The van der Waals surface area contributed by atoms with Crippen LogP contribution in [0, 0.1) is 5.82 Å². The van der Waals surface area contributed by atoms with Crippen LogP contribution in [0.4, 0.5) is 10.1 Å². The lowest BCUT2D eigenvalue weighted by Gasteiger charge is -2.08. The summed E-state index contributed by atoms with van der Waals surface area (Å²) in [7, 11) is 1.34. The second kappa shape index (κ2) is 6.24. The molecule has 0 saturated carbocycles. The summed E-state index contributed by atoms with van der Waals surface area (Å²) in [6.45, 7) is 0. The van der Waals surface area contributed by atoms with Crippen LogP contribution in [0.3, 0.4) is 0 Å². The number of rotatable bonds is 3. The topological polar surface area (TPSA) is 38.3 Å². The molecular formula is C14H10BrClFNO2. The van der Waals surface area contributed by atoms with Crippen LogP contribution in [0.5, 0.6) is 5.75 Å². The van der Waals surface area contributed by atoms with E-state index in [1.807, 2.05) is 0 Å². The highest BCUT2D eigenvalue weighted by Gasteiger charge is 2.11. The van der Waals surface area contributed by atoms with E-state index in [0.717, 1.165) is 0 Å². The number of nitrogens with one attached hydrogen (secondary N) is 1. The summed E-state index contributed by atoms with van der Waals surface area (Å²) >= 11 is 9.15. The molecule has 1 amide bonds. The van der Waals surface area contributed by atoms with Gasteiger partial charge in [-0.3, -0.25) is 4.79 Å². The van der Waals surface area contributed by atoms with Crippen molar-refractivity contribution in [1.29, 1.82) is 0 Å². The molecule has 0 fully saturated rings. The minimum atomic E-state index is -0.515. The van der Waals surface area contributed by atoms with Crippen molar-refractivity contribution in [2.24, 2.45) is 0 Å². The lowest BCUT2D eigenvalue weighted by Crippen LogP contribution is -2.12. The molecule has 20 heavy (non-hydrogen) atoms. The molecule has 0 aliphatic carbocycles. The van der Waals surface area contributed by atoms with Crippen molar-refractivity contribution < 1.29 is 13.9 Å². The molecule has 0 heterocycles. The smallest absolute Gasteiger partial charge is 0.255 e. The van der Waals surface area contributed by atoms with Gasteiger partial charge in [-0.15, -0.1) is 0 Å². The fourth-order valence-electron chi connectivity index (χ4n) is 1.58. The number of halogens is 3. The van der Waals surface area contributed by atoms with Gasteiger partial charge in [0.25, 0.3) is 5.91 Å². The summed E-state index contributed by atoms with van der Waals surface area (Å²) in [6.07, 6.45) is 0. The largest absolute Gasteiger partial charge is 0.494 e. The molecular weight excluding hydrogens is 349 g/mol. The fraction of sp³-hybridized carbons (Fsp3) is 0.0714. The Balaban J connectivity index is 2.21. The van der Waals surface area contributed by atoms with Gasteiger partial charge < -0.3 is 10.1 Å². The summed E-state index contributed by atoms with van der Waals surface area (Å²) in [6, 6.07) is 8.93. The van der Waals surface area contributed by atoms with Crippen molar-refractivity contribution in [3.05, 3.63) is 57.3 Å². The molecule has 3 nitrogen and oxygen atoms in total. The quantitative estimate of drug-likeness (QED) is 0.877. The van der Waals surface area contributed by atoms with Gasteiger partial charge in [0.2, 0.25) is 0 Å². The third-order valence-corrected chi connectivity index (χ3v) is 3.80. The number of anilines is 1. The maximum absolute atomic E-state index is 13.3. The van der Waals surface area contributed by atoms with E-state index in [4.69, 9.17) is 16.3 Å². The van der Waals surface area contributed by atoms with E-state index < -0.39 is 5.82 Å². The van der Waals surface area contributed by atoms with Crippen LogP contribution in [-0.2, 0) is 0 Å². The number of methoxy groups -OCH3 is 1. The van der Waals surface area contributed by atoms with Crippen molar-refractivity contribution in [2.75, 3.05) is 12.4 Å². The summed E-state index contributed by atoms with van der Waals surface area (Å²) in [5.74, 6) is -0.856. The second-order valence-electron chi connectivity index (χ2n) is 3.93. The molecule has 0 radical (unpaired) electrons. The molecule has 2 rings (SSSR count). The zero-order chi connectivity index (χ0) is 14.7. The first kappa shape index (κ1) is 14.8. The number of amides is 1. The van der Waals surface area contributed by atoms with E-state index in [1.165, 1.54) is 25.3 Å². The third-order valence-electron chi connectivity index (χ3n) is 2.59. The molecule has 0 aromatic heterocycles. The van der Waals surface area contributed by atoms with Gasteiger partial charge in [-0.1, -0.05) is 11.6 Å². The van der Waals surface area contributed by atoms with Crippen LogP contribution in [0.1, 0.15) is 10.4 Å². The van der Waals surface area contributed by atoms with Gasteiger partial charge in [-0.2, -0.15) is 0 Å². The van der Waals surface area contributed by atoms with Gasteiger partial charge in [0.15, 0.2) is 11.6 Å². The van der Waals surface area contributed by atoms with Crippen molar-refractivity contribution in [3.63, 3.8) is 0 Å². The fourth-order valence-corrected chi connectivity index (χ4v) is 2.07. The molecule has 2 aromatic carbocycles. The number of hydrogen-bond acceptors (Lipinski definition) is 2. The zero-order valence-corrected chi connectivity index (χ0v) is 12.8. The van der Waals surface area contributed by atoms with Crippen LogP contribution in [0.25, 0.3) is 0 Å². The second-order valence-corrected chi connectivity index (χ2v) is 5.19. The van der Waals surface area contributed by atoms with Gasteiger partial charge in [-0.25, -0.2) is 4.39 Å². The summed E-state index contributed by atoms with van der Waals surface area (Å²) < 4.78 is 18.8. The maximum Gasteiger partial charge on any atom is 0.255 e. The van der Waals surface area contributed by atoms with E-state index >= 15 is 0 Å². The number of hydrogen-bond donors (Lipinski definition) is 1. The molecule has 0 aliphatic heterocycles. The molecule has 0 unspecified atom stereocenters. The number of benzene rings is 2. The highest BCUT2D eigenvalue weighted by Crippen LogP contribution is 2.26. The van der Waals surface area contributed by atoms with Crippen LogP contribution < -0.4 is 10.1 Å². The summed E-state index contributed by atoms with van der Waals surface area (Å²) in [5.41, 5.74) is 0.879. The highest BCUT2D eigenvalue weighted by molar-refractivity contribution is 9.10. The van der Waals surface area contributed by atoms with E-state index in [2.05, 4.69) is 21.2 Å². The monoisotopic (exact) mass is 357 g/mol. The summed E-state index contributed by atoms with van der Waals surface area (Å²) in [4.78, 5) is 12.1. The Bertz CT molecular complexity index is 664. The van der Waals surface area contributed by atoms with Crippen LogP contribution >= 0.6 is 27.5 Å². The predicted octanol–water partition coefficient (Wildman–Crippen LogP) is 4.50. The Hall–Kier alpha value is -1.59. The number of carbonyl (C=O) groups is 1. The van der Waals surface area contributed by atoms with E-state index in [0.29, 0.717) is 20.7 Å². The predicted molar refractivity (Wildman–Crippen MR) is 80.1 cm³/mol. The normalized spacial score (nSPS) is 10.2. The molecule has 6 heteroatoms. The van der Waals surface area contributed by atoms with Gasteiger partial charge in [0, 0.05) is 15.7 Å². The first-order valence-corrected chi connectivity index (χ1v) is 6.78.